The summed E-state index contributed by atoms with van der Waals surface area (Å²) in [6.45, 7) is 3.19. The number of amides is 1. The number of rotatable bonds is 8. The molecule has 0 spiro atoms. The van der Waals surface area contributed by atoms with E-state index in [0.717, 1.165) is 11.3 Å². The van der Waals surface area contributed by atoms with Gasteiger partial charge in [0.25, 0.3) is 5.91 Å². The van der Waals surface area contributed by atoms with Crippen molar-refractivity contribution >= 4 is 28.7 Å². The van der Waals surface area contributed by atoms with Crippen LogP contribution in [0, 0.1) is 0 Å². The molecule has 1 heterocycles. The molecule has 3 aromatic rings. The molecular formula is C23H24BrN2O3+. The van der Waals surface area contributed by atoms with E-state index in [9.17, 15) is 9.59 Å². The topological polar surface area (TPSA) is 59.3 Å². The van der Waals surface area contributed by atoms with Gasteiger partial charge < -0.3 is 10.1 Å². The fraction of sp³-hybridized carbons (Fsp3) is 0.174. The molecule has 0 saturated heterocycles. The number of hydrogen-bond donors (Lipinski definition) is 1. The lowest BCUT2D eigenvalue weighted by molar-refractivity contribution is -0.683. The van der Waals surface area contributed by atoms with Gasteiger partial charge in [0.05, 0.1) is 12.2 Å². The van der Waals surface area contributed by atoms with Gasteiger partial charge in [0, 0.05) is 24.2 Å². The van der Waals surface area contributed by atoms with Gasteiger partial charge in [-0.2, -0.15) is 4.57 Å². The van der Waals surface area contributed by atoms with Crippen molar-refractivity contribution in [2.75, 3.05) is 6.61 Å². The van der Waals surface area contributed by atoms with Crippen molar-refractivity contribution in [3.8, 4) is 5.75 Å². The van der Waals surface area contributed by atoms with E-state index in [0.29, 0.717) is 24.3 Å². The van der Waals surface area contributed by atoms with Crippen LogP contribution in [0.25, 0.3) is 0 Å². The van der Waals surface area contributed by atoms with Crippen molar-refractivity contribution < 1.29 is 18.9 Å². The first-order chi connectivity index (χ1) is 13.7. The van der Waals surface area contributed by atoms with Crippen molar-refractivity contribution in [2.24, 2.45) is 0 Å². The van der Waals surface area contributed by atoms with Crippen LogP contribution >= 0.6 is 17.0 Å². The van der Waals surface area contributed by atoms with Gasteiger partial charge in [-0.1, -0.05) is 30.3 Å². The minimum atomic E-state index is -0.145. The zero-order chi connectivity index (χ0) is 19.8. The average molecular weight is 456 g/mol. The van der Waals surface area contributed by atoms with Gasteiger partial charge in [-0.25, -0.2) is 0 Å². The van der Waals surface area contributed by atoms with E-state index in [2.05, 4.69) is 5.32 Å². The second-order valence-electron chi connectivity index (χ2n) is 6.31. The summed E-state index contributed by atoms with van der Waals surface area (Å²) in [6, 6.07) is 20.3. The number of aromatic nitrogens is 1. The number of carbonyl (C=O) groups is 2. The lowest BCUT2D eigenvalue weighted by atomic mass is 10.1. The number of nitrogens with zero attached hydrogens (tertiary/aromatic N) is 1. The Morgan fingerprint density at radius 2 is 1.55 bits per heavy atom. The van der Waals surface area contributed by atoms with E-state index < -0.39 is 0 Å². The van der Waals surface area contributed by atoms with Crippen molar-refractivity contribution in [1.82, 2.24) is 5.32 Å². The molecule has 1 amide bonds. The Balaban J connectivity index is 0.00000300. The maximum atomic E-state index is 12.4. The number of halogens is 1. The number of nitrogens with one attached hydrogen (secondary N) is 1. The molecule has 0 aliphatic rings. The van der Waals surface area contributed by atoms with Crippen LogP contribution in [0.3, 0.4) is 0 Å². The highest BCUT2D eigenvalue weighted by Gasteiger charge is 2.14. The second kappa shape index (κ2) is 11.1. The van der Waals surface area contributed by atoms with Gasteiger partial charge in [-0.3, -0.25) is 9.59 Å². The molecule has 0 saturated carbocycles. The quantitative estimate of drug-likeness (QED) is 0.415. The van der Waals surface area contributed by atoms with Crippen LogP contribution in [-0.2, 0) is 13.1 Å². The number of hydrogen-bond acceptors (Lipinski definition) is 3. The highest BCUT2D eigenvalue weighted by Crippen LogP contribution is 2.12. The largest absolute Gasteiger partial charge is 0.494 e. The molecule has 3 rings (SSSR count). The number of ketones is 1. The molecular weight excluding hydrogens is 432 g/mol. The van der Waals surface area contributed by atoms with Crippen molar-refractivity contribution in [3.63, 3.8) is 0 Å². The summed E-state index contributed by atoms with van der Waals surface area (Å²) >= 11 is 0. The first kappa shape index (κ1) is 22.3. The van der Waals surface area contributed by atoms with Gasteiger partial charge in [0.1, 0.15) is 5.75 Å². The molecule has 0 bridgehead atoms. The summed E-state index contributed by atoms with van der Waals surface area (Å²) in [5.41, 5.74) is 2.23. The van der Waals surface area contributed by atoms with Gasteiger partial charge in [-0.05, 0) is 36.8 Å². The molecule has 0 aliphatic carbocycles. The molecule has 0 atom stereocenters. The maximum Gasteiger partial charge on any atom is 0.252 e. The normalized spacial score (nSPS) is 9.97. The SMILES string of the molecule is Br.CCOc1ccc(C(=O)C[n+]2ccc(C(=O)NCc3ccccc3)cc2)cc1. The fourth-order valence-electron chi connectivity index (χ4n) is 2.76. The van der Waals surface area contributed by atoms with Crippen LogP contribution in [0.2, 0.25) is 0 Å². The molecule has 0 unspecified atom stereocenters. The van der Waals surface area contributed by atoms with E-state index >= 15 is 0 Å². The molecule has 0 fully saturated rings. The van der Waals surface area contributed by atoms with E-state index in [1.165, 1.54) is 0 Å². The molecule has 5 nitrogen and oxygen atoms in total. The molecule has 1 aromatic heterocycles. The molecule has 0 aliphatic heterocycles. The Hall–Kier alpha value is -2.99. The number of Topliss-reactive ketones (excluding diaryl/α,β-unsaturated/α-hetero) is 1. The number of carbonyl (C=O) groups excluding carboxylic acids is 2. The number of ether oxygens (including phenoxy) is 1. The van der Waals surface area contributed by atoms with Crippen LogP contribution in [0.1, 0.15) is 33.2 Å². The van der Waals surface area contributed by atoms with Gasteiger partial charge in [0.2, 0.25) is 12.3 Å². The standard InChI is InChI=1S/C23H22N2O3.BrH/c1-2-28-21-10-8-19(9-11-21)22(26)17-25-14-12-20(13-15-25)23(27)24-16-18-6-4-3-5-7-18;/h3-15H,2,16-17H2,1H3;1H/p+1. The number of benzene rings is 2. The highest BCUT2D eigenvalue weighted by molar-refractivity contribution is 8.93. The average Bonchev–Trinajstić information content (AvgIpc) is 2.74. The summed E-state index contributed by atoms with van der Waals surface area (Å²) in [5, 5.41) is 2.89. The van der Waals surface area contributed by atoms with Gasteiger partial charge >= 0.3 is 0 Å². The Bertz CT molecular complexity index is 927. The molecule has 1 N–H and O–H groups in total. The summed E-state index contributed by atoms with van der Waals surface area (Å²) in [5.74, 6) is 0.598. The van der Waals surface area contributed by atoms with Crippen molar-refractivity contribution in [2.45, 2.75) is 20.0 Å². The minimum absolute atomic E-state index is 0. The predicted octanol–water partition coefficient (Wildman–Crippen LogP) is 3.76. The Labute approximate surface area is 181 Å². The predicted molar refractivity (Wildman–Crippen MR) is 117 cm³/mol. The second-order valence-corrected chi connectivity index (χ2v) is 6.31. The molecule has 2 aromatic carbocycles. The first-order valence-corrected chi connectivity index (χ1v) is 9.23. The lowest BCUT2D eigenvalue weighted by Gasteiger charge is -2.05. The summed E-state index contributed by atoms with van der Waals surface area (Å²) in [6.07, 6.45) is 3.48. The monoisotopic (exact) mass is 455 g/mol. The maximum absolute atomic E-state index is 12.4. The Kier molecular flexibility index (Phi) is 8.55. The van der Waals surface area contributed by atoms with Crippen LogP contribution in [0.5, 0.6) is 5.75 Å². The van der Waals surface area contributed by atoms with Gasteiger partial charge in [-0.15, -0.1) is 17.0 Å². The Morgan fingerprint density at radius 1 is 0.897 bits per heavy atom. The third kappa shape index (κ3) is 6.54. The van der Waals surface area contributed by atoms with Crippen LogP contribution in [0.15, 0.2) is 79.1 Å². The summed E-state index contributed by atoms with van der Waals surface area (Å²) < 4.78 is 7.14. The van der Waals surface area contributed by atoms with Crippen LogP contribution in [0.4, 0.5) is 0 Å². The van der Waals surface area contributed by atoms with Crippen molar-refractivity contribution in [3.05, 3.63) is 95.8 Å². The lowest BCUT2D eigenvalue weighted by Crippen LogP contribution is -2.37. The molecule has 150 valence electrons. The third-order valence-corrected chi connectivity index (χ3v) is 4.26. The van der Waals surface area contributed by atoms with Crippen molar-refractivity contribution in [1.29, 1.82) is 0 Å². The zero-order valence-corrected chi connectivity index (χ0v) is 17.9. The summed E-state index contributed by atoms with van der Waals surface area (Å²) in [7, 11) is 0. The third-order valence-electron chi connectivity index (χ3n) is 4.26. The van der Waals surface area contributed by atoms with E-state index in [1.54, 1.807) is 53.4 Å². The van der Waals surface area contributed by atoms with Gasteiger partial charge in [0.15, 0.2) is 12.4 Å². The fourth-order valence-corrected chi connectivity index (χ4v) is 2.76. The van der Waals surface area contributed by atoms with Crippen LogP contribution in [-0.4, -0.2) is 18.3 Å². The zero-order valence-electron chi connectivity index (χ0n) is 16.2. The first-order valence-electron chi connectivity index (χ1n) is 9.23. The minimum Gasteiger partial charge on any atom is -0.494 e. The van der Waals surface area contributed by atoms with E-state index in [4.69, 9.17) is 4.74 Å². The number of pyridine rings is 1. The van der Waals surface area contributed by atoms with Crippen LogP contribution < -0.4 is 14.6 Å². The summed E-state index contributed by atoms with van der Waals surface area (Å²) in [4.78, 5) is 24.7. The highest BCUT2D eigenvalue weighted by atomic mass is 79.9. The Morgan fingerprint density at radius 3 is 2.17 bits per heavy atom. The molecule has 0 radical (unpaired) electrons. The van der Waals surface area contributed by atoms with E-state index in [1.807, 2.05) is 37.3 Å². The molecule has 6 heteroatoms. The smallest absolute Gasteiger partial charge is 0.252 e. The van der Waals surface area contributed by atoms with E-state index in [-0.39, 0.29) is 35.2 Å². The molecule has 29 heavy (non-hydrogen) atoms.